The molecule has 0 saturated heterocycles. The lowest BCUT2D eigenvalue weighted by atomic mass is 10.00. The molecule has 10 aromatic carbocycles. The largest absolute Gasteiger partial charge is 0.453 e. The molecule has 0 saturated carbocycles. The normalized spacial score (nSPS) is 11.7. The molecule has 0 unspecified atom stereocenters. The number of hydrogen-bond donors (Lipinski definition) is 0. The Hall–Kier alpha value is -7.88. The predicted molar refractivity (Wildman–Crippen MR) is 249 cm³/mol. The van der Waals surface area contributed by atoms with Crippen LogP contribution in [0.2, 0.25) is 0 Å². The molecule has 0 aliphatic carbocycles. The van der Waals surface area contributed by atoms with Crippen LogP contribution in [-0.2, 0) is 0 Å². The molecule has 12 rings (SSSR count). The molecule has 0 spiro atoms. The Bertz CT molecular complexity index is 3520. The van der Waals surface area contributed by atoms with Crippen molar-refractivity contribution < 1.29 is 4.42 Å². The molecule has 0 fully saturated rings. The summed E-state index contributed by atoms with van der Waals surface area (Å²) in [5, 5.41) is 9.47. The molecule has 2 aromatic heterocycles. The van der Waals surface area contributed by atoms with Crippen LogP contribution < -0.4 is 4.90 Å². The van der Waals surface area contributed by atoms with E-state index in [4.69, 9.17) is 4.42 Å². The fourth-order valence-electron chi connectivity index (χ4n) is 9.14. The van der Waals surface area contributed by atoms with Crippen molar-refractivity contribution >= 4 is 82.4 Å². The smallest absolute Gasteiger partial charge is 0.159 e. The number of benzene rings is 10. The minimum absolute atomic E-state index is 0.859. The van der Waals surface area contributed by atoms with Crippen molar-refractivity contribution in [3.05, 3.63) is 218 Å². The maximum Gasteiger partial charge on any atom is 0.159 e. The van der Waals surface area contributed by atoms with Gasteiger partial charge in [-0.25, -0.2) is 0 Å². The highest BCUT2D eigenvalue weighted by atomic mass is 16.3. The summed E-state index contributed by atoms with van der Waals surface area (Å²) in [6.45, 7) is 0. The highest BCUT2D eigenvalue weighted by Gasteiger charge is 2.21. The van der Waals surface area contributed by atoms with Gasteiger partial charge in [-0.1, -0.05) is 152 Å². The number of para-hydroxylation sites is 3. The van der Waals surface area contributed by atoms with Gasteiger partial charge in [-0.15, -0.1) is 0 Å². The molecule has 3 heteroatoms. The zero-order valence-corrected chi connectivity index (χ0v) is 32.1. The number of nitrogens with zero attached hydrogens (tertiary/aromatic N) is 2. The van der Waals surface area contributed by atoms with E-state index < -0.39 is 0 Å². The van der Waals surface area contributed by atoms with E-state index in [-0.39, 0.29) is 0 Å². The minimum atomic E-state index is 0.859. The first-order chi connectivity index (χ1) is 29.2. The van der Waals surface area contributed by atoms with Crippen molar-refractivity contribution in [3.63, 3.8) is 0 Å². The van der Waals surface area contributed by atoms with Crippen LogP contribution in [0, 0.1) is 0 Å². The molecule has 59 heavy (non-hydrogen) atoms. The summed E-state index contributed by atoms with van der Waals surface area (Å²) in [4.78, 5) is 2.34. The van der Waals surface area contributed by atoms with Crippen molar-refractivity contribution in [3.8, 4) is 27.9 Å². The lowest BCUT2D eigenvalue weighted by Crippen LogP contribution is -2.10. The summed E-state index contributed by atoms with van der Waals surface area (Å²) in [5.41, 5.74) is 13.0. The first-order valence-corrected chi connectivity index (χ1v) is 20.2. The van der Waals surface area contributed by atoms with Gasteiger partial charge in [0.15, 0.2) is 5.58 Å². The van der Waals surface area contributed by atoms with E-state index in [1.807, 2.05) is 0 Å². The third kappa shape index (κ3) is 5.44. The molecule has 0 N–H and O–H groups in total. The van der Waals surface area contributed by atoms with Crippen LogP contribution in [0.1, 0.15) is 0 Å². The Kier molecular flexibility index (Phi) is 7.54. The van der Waals surface area contributed by atoms with Crippen molar-refractivity contribution in [1.82, 2.24) is 4.57 Å². The predicted octanol–water partition coefficient (Wildman–Crippen LogP) is 15.8. The maximum atomic E-state index is 6.94. The van der Waals surface area contributed by atoms with Gasteiger partial charge in [0, 0.05) is 44.0 Å². The SMILES string of the molecule is c1cc(-c2ccc3ccccc3c2)cc(N(c2ccc(-c3cccc(-n4c5ccccc5c5ccccc54)c3)cc2)c2cccc3c2oc2c4ccccc4ccc32)c1. The molecule has 0 radical (unpaired) electrons. The van der Waals surface area contributed by atoms with Crippen LogP contribution in [0.4, 0.5) is 17.1 Å². The standard InChI is InChI=1S/C56H36N2O/c1-2-14-40-34-43(27-26-37(40)12-1)42-16-10-17-45(36-42)57(54-25-11-22-50-51-33-30-39-13-3-4-19-47(39)55(51)59-56(50)54)44-31-28-38(29-32-44)41-15-9-18-46(35-41)58-52-23-7-5-20-48(52)49-21-6-8-24-53(49)58/h1-36H. The van der Waals surface area contributed by atoms with Crippen molar-refractivity contribution in [2.24, 2.45) is 0 Å². The average Bonchev–Trinajstić information content (AvgIpc) is 3.86. The molecular weight excluding hydrogens is 717 g/mol. The van der Waals surface area contributed by atoms with E-state index in [9.17, 15) is 0 Å². The first-order valence-electron chi connectivity index (χ1n) is 20.2. The summed E-state index contributed by atoms with van der Waals surface area (Å²) in [5.74, 6) is 0. The fraction of sp³-hybridized carbons (Fsp3) is 0. The summed E-state index contributed by atoms with van der Waals surface area (Å²) in [6, 6.07) is 78.7. The quantitative estimate of drug-likeness (QED) is 0.169. The maximum absolute atomic E-state index is 6.94. The van der Waals surface area contributed by atoms with Crippen LogP contribution in [-0.4, -0.2) is 4.57 Å². The third-order valence-electron chi connectivity index (χ3n) is 11.9. The van der Waals surface area contributed by atoms with Gasteiger partial charge in [0.2, 0.25) is 0 Å². The van der Waals surface area contributed by atoms with Gasteiger partial charge in [0.25, 0.3) is 0 Å². The third-order valence-corrected chi connectivity index (χ3v) is 11.9. The van der Waals surface area contributed by atoms with Gasteiger partial charge in [-0.3, -0.25) is 0 Å². The van der Waals surface area contributed by atoms with Crippen LogP contribution in [0.3, 0.4) is 0 Å². The Balaban J connectivity index is 1.01. The minimum Gasteiger partial charge on any atom is -0.453 e. The number of aromatic nitrogens is 1. The molecular formula is C56H36N2O. The Morgan fingerprint density at radius 2 is 0.898 bits per heavy atom. The molecule has 0 amide bonds. The lowest BCUT2D eigenvalue weighted by molar-refractivity contribution is 0.673. The molecule has 2 heterocycles. The molecule has 0 bridgehead atoms. The Labute approximate surface area is 341 Å². The molecule has 0 aliphatic rings. The second-order valence-corrected chi connectivity index (χ2v) is 15.3. The van der Waals surface area contributed by atoms with Gasteiger partial charge in [-0.05, 0) is 105 Å². The highest BCUT2D eigenvalue weighted by molar-refractivity contribution is 6.17. The second-order valence-electron chi connectivity index (χ2n) is 15.3. The topological polar surface area (TPSA) is 21.3 Å². The second kappa shape index (κ2) is 13.4. The van der Waals surface area contributed by atoms with Crippen LogP contribution in [0.15, 0.2) is 223 Å². The van der Waals surface area contributed by atoms with E-state index in [1.165, 1.54) is 43.5 Å². The van der Waals surface area contributed by atoms with Gasteiger partial charge >= 0.3 is 0 Å². The number of hydrogen-bond acceptors (Lipinski definition) is 2. The van der Waals surface area contributed by atoms with Crippen molar-refractivity contribution in [2.75, 3.05) is 4.90 Å². The molecule has 12 aromatic rings. The van der Waals surface area contributed by atoms with E-state index in [0.29, 0.717) is 0 Å². The first kappa shape index (κ1) is 33.3. The Morgan fingerprint density at radius 1 is 0.322 bits per heavy atom. The number of anilines is 3. The van der Waals surface area contributed by atoms with Crippen molar-refractivity contribution in [1.29, 1.82) is 0 Å². The molecule has 0 atom stereocenters. The van der Waals surface area contributed by atoms with E-state index in [2.05, 4.69) is 228 Å². The van der Waals surface area contributed by atoms with Crippen LogP contribution >= 0.6 is 0 Å². The fourth-order valence-corrected chi connectivity index (χ4v) is 9.14. The molecule has 3 nitrogen and oxygen atoms in total. The van der Waals surface area contributed by atoms with E-state index >= 15 is 0 Å². The molecule has 276 valence electrons. The van der Waals surface area contributed by atoms with Gasteiger partial charge < -0.3 is 13.9 Å². The van der Waals surface area contributed by atoms with Crippen LogP contribution in [0.5, 0.6) is 0 Å². The molecule has 0 aliphatic heterocycles. The van der Waals surface area contributed by atoms with Gasteiger partial charge in [-0.2, -0.15) is 0 Å². The lowest BCUT2D eigenvalue weighted by Gasteiger charge is -2.26. The van der Waals surface area contributed by atoms with Crippen LogP contribution in [0.25, 0.3) is 93.2 Å². The summed E-state index contributed by atoms with van der Waals surface area (Å²) >= 11 is 0. The Morgan fingerprint density at radius 3 is 1.69 bits per heavy atom. The average molecular weight is 753 g/mol. The highest BCUT2D eigenvalue weighted by Crippen LogP contribution is 2.45. The zero-order chi connectivity index (χ0) is 38.9. The number of rotatable bonds is 6. The summed E-state index contributed by atoms with van der Waals surface area (Å²) < 4.78 is 9.32. The zero-order valence-electron chi connectivity index (χ0n) is 32.1. The van der Waals surface area contributed by atoms with E-state index in [1.54, 1.807) is 0 Å². The summed E-state index contributed by atoms with van der Waals surface area (Å²) in [7, 11) is 0. The van der Waals surface area contributed by atoms with Crippen molar-refractivity contribution in [2.45, 2.75) is 0 Å². The summed E-state index contributed by atoms with van der Waals surface area (Å²) in [6.07, 6.45) is 0. The van der Waals surface area contributed by atoms with E-state index in [0.717, 1.165) is 66.8 Å². The van der Waals surface area contributed by atoms with Gasteiger partial charge in [0.05, 0.1) is 16.7 Å². The number of fused-ring (bicyclic) bond motifs is 9. The number of furan rings is 1. The monoisotopic (exact) mass is 752 g/mol. The van der Waals surface area contributed by atoms with Gasteiger partial charge in [0.1, 0.15) is 5.58 Å².